The summed E-state index contributed by atoms with van der Waals surface area (Å²) >= 11 is 5.60. The Bertz CT molecular complexity index is 670. The van der Waals surface area contributed by atoms with Gasteiger partial charge in [-0.25, -0.2) is 4.39 Å². The fourth-order valence-electron chi connectivity index (χ4n) is 1.85. The molecule has 3 heteroatoms. The Hall–Kier alpha value is -1.98. The minimum absolute atomic E-state index is 0.335. The van der Waals surface area contributed by atoms with Crippen LogP contribution in [0.3, 0.4) is 0 Å². The van der Waals surface area contributed by atoms with Crippen molar-refractivity contribution in [3.8, 4) is 17.6 Å². The van der Waals surface area contributed by atoms with Crippen LogP contribution in [-0.4, -0.2) is 5.88 Å². The topological polar surface area (TPSA) is 9.23 Å². The van der Waals surface area contributed by atoms with Gasteiger partial charge in [0.05, 0.1) is 5.56 Å². The molecule has 0 amide bonds. The number of ether oxygens (including phenoxy) is 1. The van der Waals surface area contributed by atoms with Crippen LogP contribution in [-0.2, 0) is 6.61 Å². The fourth-order valence-corrected chi connectivity index (χ4v) is 1.95. The normalized spacial score (nSPS) is 9.86. The van der Waals surface area contributed by atoms with E-state index >= 15 is 0 Å². The van der Waals surface area contributed by atoms with E-state index in [0.29, 0.717) is 30.2 Å². The molecule has 2 rings (SSSR count). The van der Waals surface area contributed by atoms with Crippen LogP contribution in [0.1, 0.15) is 23.1 Å². The van der Waals surface area contributed by atoms with E-state index in [1.54, 1.807) is 6.07 Å². The predicted molar refractivity (Wildman–Crippen MR) is 84.1 cm³/mol. The number of aryl methyl sites for hydroxylation is 1. The van der Waals surface area contributed by atoms with Gasteiger partial charge < -0.3 is 4.74 Å². The third-order valence-electron chi connectivity index (χ3n) is 3.03. The highest BCUT2D eigenvalue weighted by molar-refractivity contribution is 6.18. The summed E-state index contributed by atoms with van der Waals surface area (Å²) in [4.78, 5) is 0. The Labute approximate surface area is 129 Å². The van der Waals surface area contributed by atoms with Crippen molar-refractivity contribution < 1.29 is 9.13 Å². The highest BCUT2D eigenvalue weighted by Crippen LogP contribution is 2.21. The first-order valence-corrected chi connectivity index (χ1v) is 7.26. The van der Waals surface area contributed by atoms with E-state index in [2.05, 4.69) is 11.8 Å². The molecule has 2 aromatic rings. The van der Waals surface area contributed by atoms with Crippen molar-refractivity contribution in [3.63, 3.8) is 0 Å². The molecule has 0 heterocycles. The van der Waals surface area contributed by atoms with E-state index in [1.165, 1.54) is 12.1 Å². The highest BCUT2D eigenvalue weighted by atomic mass is 35.5. The zero-order chi connectivity index (χ0) is 15.1. The Morgan fingerprint density at radius 3 is 2.76 bits per heavy atom. The molecule has 2 aromatic carbocycles. The molecule has 108 valence electrons. The fraction of sp³-hybridized carbons (Fsp3) is 0.222. The second-order valence-corrected chi connectivity index (χ2v) is 4.97. The first-order valence-electron chi connectivity index (χ1n) is 6.72. The minimum Gasteiger partial charge on any atom is -0.487 e. The van der Waals surface area contributed by atoms with Gasteiger partial charge in [-0.1, -0.05) is 36.1 Å². The van der Waals surface area contributed by atoms with Gasteiger partial charge in [0.15, 0.2) is 0 Å². The van der Waals surface area contributed by atoms with Crippen LogP contribution < -0.4 is 4.74 Å². The summed E-state index contributed by atoms with van der Waals surface area (Å²) in [7, 11) is 0. The Kier molecular flexibility index (Phi) is 5.66. The molecule has 0 spiro atoms. The standard InChI is InChI=1S/C18H16ClFO/c1-14-6-2-3-8-16(14)13-21-18-12-17(20)10-9-15(18)7-4-5-11-19/h2-3,6,8-10,12H,5,11,13H2,1H3. The molecule has 0 aliphatic heterocycles. The lowest BCUT2D eigenvalue weighted by molar-refractivity contribution is 0.303. The van der Waals surface area contributed by atoms with Gasteiger partial charge in [-0.05, 0) is 30.2 Å². The molecule has 0 aliphatic carbocycles. The van der Waals surface area contributed by atoms with Crippen LogP contribution in [0.25, 0.3) is 0 Å². The van der Waals surface area contributed by atoms with Crippen LogP contribution >= 0.6 is 11.6 Å². The van der Waals surface area contributed by atoms with E-state index in [9.17, 15) is 4.39 Å². The molecule has 0 N–H and O–H groups in total. The molecule has 0 saturated heterocycles. The number of hydrogen-bond donors (Lipinski definition) is 0. The van der Waals surface area contributed by atoms with E-state index < -0.39 is 0 Å². The number of halogens is 2. The third kappa shape index (κ3) is 4.51. The summed E-state index contributed by atoms with van der Waals surface area (Å²) < 4.78 is 19.1. The molecule has 0 radical (unpaired) electrons. The number of rotatable bonds is 4. The first kappa shape index (κ1) is 15.4. The molecule has 0 aliphatic rings. The highest BCUT2D eigenvalue weighted by Gasteiger charge is 2.05. The van der Waals surface area contributed by atoms with Crippen molar-refractivity contribution in [1.82, 2.24) is 0 Å². The molecule has 21 heavy (non-hydrogen) atoms. The molecule has 0 bridgehead atoms. The lowest BCUT2D eigenvalue weighted by Gasteiger charge is -2.10. The molecule has 1 nitrogen and oxygen atoms in total. The summed E-state index contributed by atoms with van der Waals surface area (Å²) in [6, 6.07) is 12.3. The van der Waals surface area contributed by atoms with Crippen LogP contribution in [0.4, 0.5) is 4.39 Å². The van der Waals surface area contributed by atoms with Gasteiger partial charge in [0, 0.05) is 18.4 Å². The average Bonchev–Trinajstić information content (AvgIpc) is 2.48. The van der Waals surface area contributed by atoms with Gasteiger partial charge in [-0.3, -0.25) is 0 Å². The maximum atomic E-state index is 13.4. The number of hydrogen-bond acceptors (Lipinski definition) is 1. The summed E-state index contributed by atoms with van der Waals surface area (Å²) in [5, 5.41) is 0. The molecule has 0 aromatic heterocycles. The van der Waals surface area contributed by atoms with Crippen LogP contribution in [0.5, 0.6) is 5.75 Å². The smallest absolute Gasteiger partial charge is 0.138 e. The molecule has 0 atom stereocenters. The second kappa shape index (κ2) is 7.71. The molecular weight excluding hydrogens is 287 g/mol. The van der Waals surface area contributed by atoms with Gasteiger partial charge in [0.2, 0.25) is 0 Å². The van der Waals surface area contributed by atoms with Gasteiger partial charge in [0.1, 0.15) is 18.2 Å². The minimum atomic E-state index is -0.335. The van der Waals surface area contributed by atoms with Crippen molar-refractivity contribution in [3.05, 3.63) is 65.0 Å². The van der Waals surface area contributed by atoms with Gasteiger partial charge in [0.25, 0.3) is 0 Å². The van der Waals surface area contributed by atoms with Crippen molar-refractivity contribution in [2.75, 3.05) is 5.88 Å². The van der Waals surface area contributed by atoms with Crippen molar-refractivity contribution >= 4 is 11.6 Å². The Morgan fingerprint density at radius 1 is 1.19 bits per heavy atom. The van der Waals surface area contributed by atoms with Crippen molar-refractivity contribution in [2.24, 2.45) is 0 Å². The van der Waals surface area contributed by atoms with Crippen LogP contribution in [0.2, 0.25) is 0 Å². The Balaban J connectivity index is 2.17. The Morgan fingerprint density at radius 2 is 2.00 bits per heavy atom. The lowest BCUT2D eigenvalue weighted by Crippen LogP contribution is -1.99. The van der Waals surface area contributed by atoms with E-state index in [4.69, 9.17) is 16.3 Å². The quantitative estimate of drug-likeness (QED) is 0.588. The maximum Gasteiger partial charge on any atom is 0.138 e. The summed E-state index contributed by atoms with van der Waals surface area (Å²) in [6.07, 6.45) is 0.593. The van der Waals surface area contributed by atoms with E-state index in [0.717, 1.165) is 11.1 Å². The van der Waals surface area contributed by atoms with E-state index in [1.807, 2.05) is 31.2 Å². The van der Waals surface area contributed by atoms with E-state index in [-0.39, 0.29) is 5.82 Å². The van der Waals surface area contributed by atoms with Gasteiger partial charge in [-0.2, -0.15) is 0 Å². The molecule has 0 unspecified atom stereocenters. The van der Waals surface area contributed by atoms with Gasteiger partial charge >= 0.3 is 0 Å². The zero-order valence-electron chi connectivity index (χ0n) is 11.8. The monoisotopic (exact) mass is 302 g/mol. The largest absolute Gasteiger partial charge is 0.487 e. The van der Waals surface area contributed by atoms with Gasteiger partial charge in [-0.15, -0.1) is 11.6 Å². The van der Waals surface area contributed by atoms with Crippen molar-refractivity contribution in [2.45, 2.75) is 20.0 Å². The third-order valence-corrected chi connectivity index (χ3v) is 3.22. The summed E-state index contributed by atoms with van der Waals surface area (Å²) in [5.74, 6) is 6.51. The first-order chi connectivity index (χ1) is 10.2. The number of benzene rings is 2. The van der Waals surface area contributed by atoms with Crippen molar-refractivity contribution in [1.29, 1.82) is 0 Å². The lowest BCUT2D eigenvalue weighted by atomic mass is 10.1. The van der Waals surface area contributed by atoms with Crippen LogP contribution in [0.15, 0.2) is 42.5 Å². The summed E-state index contributed by atoms with van der Waals surface area (Å²) in [5.41, 5.74) is 2.89. The zero-order valence-corrected chi connectivity index (χ0v) is 12.6. The molecule has 0 saturated carbocycles. The maximum absolute atomic E-state index is 13.4. The SMILES string of the molecule is Cc1ccccc1COc1cc(F)ccc1C#CCCCl. The van der Waals surface area contributed by atoms with Crippen LogP contribution in [0, 0.1) is 24.6 Å². The average molecular weight is 303 g/mol. The predicted octanol–water partition coefficient (Wildman–Crippen LogP) is 4.69. The second-order valence-electron chi connectivity index (χ2n) is 4.60. The number of alkyl halides is 1. The summed E-state index contributed by atoms with van der Waals surface area (Å²) in [6.45, 7) is 2.41. The molecular formula is C18H16ClFO. The molecule has 0 fully saturated rings.